The Balaban J connectivity index is 1.29. The van der Waals surface area contributed by atoms with Gasteiger partial charge < -0.3 is 10.2 Å². The van der Waals surface area contributed by atoms with E-state index in [4.69, 9.17) is 0 Å². The minimum absolute atomic E-state index is 0.0482. The standard InChI is InChI=1S/C31H32N6O3S/c1-17-25(13-32-31-29(17)34-35-36(31)2)24(12-28(39)40)21-10-20-7-8-41-30(20)23(11-21)15-37-14-22(18-3-4-18)9-19-5-6-27(38)33-26(19)16-37/h5-8,10-11,13,18,22,24H,3-4,9,12,14-16H2,1-2H3,(H,33,38)(H,39,40)/t22-,24+/m0/s1. The summed E-state index contributed by atoms with van der Waals surface area (Å²) in [6.45, 7) is 4.35. The van der Waals surface area contributed by atoms with Crippen LogP contribution in [0.5, 0.6) is 5.88 Å². The van der Waals surface area contributed by atoms with Crippen LogP contribution in [0.1, 0.15) is 58.7 Å². The van der Waals surface area contributed by atoms with E-state index in [0.717, 1.165) is 53.2 Å². The summed E-state index contributed by atoms with van der Waals surface area (Å²) in [5.74, 6) is 0.144. The minimum Gasteiger partial charge on any atom is -0.493 e. The lowest BCUT2D eigenvalue weighted by atomic mass is 9.85. The van der Waals surface area contributed by atoms with Gasteiger partial charge in [-0.2, -0.15) is 0 Å². The Hall–Kier alpha value is -3.89. The second-order valence-corrected chi connectivity index (χ2v) is 12.6. The third kappa shape index (κ3) is 4.95. The smallest absolute Gasteiger partial charge is 0.304 e. The van der Waals surface area contributed by atoms with E-state index in [0.29, 0.717) is 23.6 Å². The maximum atomic E-state index is 12.2. The number of carbonyl (C=O) groups is 1. The van der Waals surface area contributed by atoms with Crippen molar-refractivity contribution in [3.63, 3.8) is 0 Å². The average molecular weight is 569 g/mol. The number of benzene rings is 1. The van der Waals surface area contributed by atoms with Gasteiger partial charge >= 0.3 is 5.97 Å². The minimum atomic E-state index is -0.858. The maximum Gasteiger partial charge on any atom is 0.304 e. The zero-order valence-corrected chi connectivity index (χ0v) is 23.9. The van der Waals surface area contributed by atoms with Crippen LogP contribution in [0.3, 0.4) is 0 Å². The third-order valence-corrected chi connectivity index (χ3v) is 9.81. The molecule has 0 bridgehead atoms. The normalized spacial score (nSPS) is 18.4. The van der Waals surface area contributed by atoms with Gasteiger partial charge in [0.2, 0.25) is 5.88 Å². The number of carboxylic acids is 1. The van der Waals surface area contributed by atoms with Gasteiger partial charge in [-0.1, -0.05) is 17.3 Å². The van der Waals surface area contributed by atoms with Gasteiger partial charge in [0, 0.05) is 49.6 Å². The van der Waals surface area contributed by atoms with E-state index in [1.807, 2.05) is 13.0 Å². The number of rotatable bonds is 7. The number of aromatic nitrogens is 5. The van der Waals surface area contributed by atoms with Gasteiger partial charge in [0.25, 0.3) is 0 Å². The summed E-state index contributed by atoms with van der Waals surface area (Å²) in [6.07, 6.45) is 5.30. The highest BCUT2D eigenvalue weighted by Crippen LogP contribution is 2.42. The molecule has 0 radical (unpaired) electrons. The highest BCUT2D eigenvalue weighted by atomic mass is 32.1. The van der Waals surface area contributed by atoms with E-state index in [1.165, 1.54) is 28.7 Å². The first-order chi connectivity index (χ1) is 19.8. The van der Waals surface area contributed by atoms with Gasteiger partial charge in [-0.15, -0.1) is 16.4 Å². The van der Waals surface area contributed by atoms with Crippen molar-refractivity contribution in [2.75, 3.05) is 6.54 Å². The number of aliphatic carboxylic acids is 1. The topological polar surface area (TPSA) is 117 Å². The van der Waals surface area contributed by atoms with Crippen molar-refractivity contribution in [3.8, 4) is 5.88 Å². The zero-order chi connectivity index (χ0) is 28.2. The number of carboxylic acid groups (broad SMARTS) is 1. The molecule has 41 heavy (non-hydrogen) atoms. The lowest BCUT2D eigenvalue weighted by Crippen LogP contribution is -2.28. The first-order valence-electron chi connectivity index (χ1n) is 14.1. The fourth-order valence-corrected chi connectivity index (χ4v) is 7.47. The van der Waals surface area contributed by atoms with Crippen molar-refractivity contribution in [2.24, 2.45) is 18.9 Å². The molecular formula is C31H32N6O3S. The molecule has 1 aliphatic carbocycles. The molecule has 5 aromatic rings. The van der Waals surface area contributed by atoms with Crippen LogP contribution in [0.4, 0.5) is 0 Å². The molecule has 9 nitrogen and oxygen atoms in total. The molecule has 2 N–H and O–H groups in total. The molecule has 0 amide bonds. The highest BCUT2D eigenvalue weighted by Gasteiger charge is 2.35. The Bertz CT molecular complexity index is 1790. The molecule has 0 unspecified atom stereocenters. The van der Waals surface area contributed by atoms with Gasteiger partial charge in [-0.25, -0.2) is 14.6 Å². The monoisotopic (exact) mass is 568 g/mol. The van der Waals surface area contributed by atoms with Crippen LogP contribution < -0.4 is 0 Å². The Morgan fingerprint density at radius 3 is 2.85 bits per heavy atom. The highest BCUT2D eigenvalue weighted by molar-refractivity contribution is 7.17. The number of hydrogen-bond acceptors (Lipinski definition) is 8. The summed E-state index contributed by atoms with van der Waals surface area (Å²) in [4.78, 5) is 23.7. The molecule has 1 aliphatic heterocycles. The molecule has 5 heterocycles. The molecule has 2 atom stereocenters. The molecule has 4 aromatic heterocycles. The van der Waals surface area contributed by atoms with Crippen LogP contribution in [-0.2, 0) is 31.4 Å². The molecule has 2 aliphatic rings. The fraction of sp³-hybridized carbons (Fsp3) is 0.387. The van der Waals surface area contributed by atoms with Gasteiger partial charge in [-0.3, -0.25) is 9.69 Å². The van der Waals surface area contributed by atoms with Crippen molar-refractivity contribution in [1.82, 2.24) is 29.9 Å². The quantitative estimate of drug-likeness (QED) is 0.276. The molecule has 0 spiro atoms. The summed E-state index contributed by atoms with van der Waals surface area (Å²) in [7, 11) is 1.80. The Morgan fingerprint density at radius 1 is 1.20 bits per heavy atom. The van der Waals surface area contributed by atoms with Crippen LogP contribution in [0.15, 0.2) is 41.9 Å². The van der Waals surface area contributed by atoms with E-state index < -0.39 is 5.97 Å². The average Bonchev–Trinajstić information content (AvgIpc) is 3.60. The van der Waals surface area contributed by atoms with E-state index in [2.05, 4.69) is 48.8 Å². The van der Waals surface area contributed by atoms with Crippen molar-refractivity contribution in [1.29, 1.82) is 0 Å². The van der Waals surface area contributed by atoms with Crippen LogP contribution in [-0.4, -0.2) is 52.6 Å². The Morgan fingerprint density at radius 2 is 2.05 bits per heavy atom. The predicted octanol–water partition coefficient (Wildman–Crippen LogP) is 5.18. The Labute approximate surface area is 241 Å². The number of hydrogen-bond donors (Lipinski definition) is 2. The van der Waals surface area contributed by atoms with Crippen molar-refractivity contribution >= 4 is 38.6 Å². The van der Waals surface area contributed by atoms with Gasteiger partial charge in [0.1, 0.15) is 5.52 Å². The summed E-state index contributed by atoms with van der Waals surface area (Å²) in [5, 5.41) is 31.7. The lowest BCUT2D eigenvalue weighted by Gasteiger charge is -2.25. The summed E-state index contributed by atoms with van der Waals surface area (Å²) >= 11 is 1.72. The van der Waals surface area contributed by atoms with E-state index in [1.54, 1.807) is 35.3 Å². The molecule has 1 aromatic carbocycles. The zero-order valence-electron chi connectivity index (χ0n) is 23.1. The predicted molar refractivity (Wildman–Crippen MR) is 157 cm³/mol. The number of pyridine rings is 2. The van der Waals surface area contributed by atoms with Gasteiger partial charge in [-0.05, 0) is 88.7 Å². The summed E-state index contributed by atoms with van der Waals surface area (Å²) in [6, 6.07) is 10.2. The number of nitrogens with zero attached hydrogens (tertiary/aromatic N) is 6. The van der Waals surface area contributed by atoms with Crippen LogP contribution in [0.25, 0.3) is 21.3 Å². The molecule has 1 fully saturated rings. The van der Waals surface area contributed by atoms with Gasteiger partial charge in [0.15, 0.2) is 5.65 Å². The van der Waals surface area contributed by atoms with Crippen LogP contribution in [0, 0.1) is 18.8 Å². The molecule has 210 valence electrons. The fourth-order valence-electron chi connectivity index (χ4n) is 6.58. The molecule has 7 rings (SSSR count). The summed E-state index contributed by atoms with van der Waals surface area (Å²) < 4.78 is 2.86. The molecule has 1 saturated carbocycles. The molecule has 0 saturated heterocycles. The van der Waals surface area contributed by atoms with E-state index >= 15 is 0 Å². The lowest BCUT2D eigenvalue weighted by molar-refractivity contribution is -0.137. The molecular weight excluding hydrogens is 536 g/mol. The molecule has 10 heteroatoms. The van der Waals surface area contributed by atoms with E-state index in [9.17, 15) is 15.0 Å². The van der Waals surface area contributed by atoms with Crippen molar-refractivity contribution in [3.05, 3.63) is 75.4 Å². The Kier molecular flexibility index (Phi) is 6.47. The first-order valence-corrected chi connectivity index (χ1v) is 15.0. The maximum absolute atomic E-state index is 12.2. The van der Waals surface area contributed by atoms with E-state index in [-0.39, 0.29) is 18.2 Å². The van der Waals surface area contributed by atoms with Crippen molar-refractivity contribution < 1.29 is 15.0 Å². The largest absolute Gasteiger partial charge is 0.493 e. The summed E-state index contributed by atoms with van der Waals surface area (Å²) in [5.41, 5.74) is 7.48. The van der Waals surface area contributed by atoms with Crippen LogP contribution >= 0.6 is 11.3 Å². The van der Waals surface area contributed by atoms with Crippen LogP contribution in [0.2, 0.25) is 0 Å². The second-order valence-electron chi connectivity index (χ2n) is 11.6. The van der Waals surface area contributed by atoms with Crippen molar-refractivity contribution in [2.45, 2.75) is 51.6 Å². The second kappa shape index (κ2) is 10.2. The number of aryl methyl sites for hydroxylation is 2. The third-order valence-electron chi connectivity index (χ3n) is 8.80. The number of aromatic hydroxyl groups is 1. The number of thiophene rings is 1. The number of fused-ring (bicyclic) bond motifs is 3. The first kappa shape index (κ1) is 26.0. The SMILES string of the molecule is Cc1c([C@H](CC(=O)O)c2cc(CN3Cc4nc(O)ccc4C[C@H](C4CC4)C3)c3sccc3c2)cnc2c1nnn2C. The van der Waals surface area contributed by atoms with Gasteiger partial charge in [0.05, 0.1) is 12.1 Å².